The summed E-state index contributed by atoms with van der Waals surface area (Å²) >= 11 is 1.12. The zero-order chi connectivity index (χ0) is 20.9. The van der Waals surface area contributed by atoms with Gasteiger partial charge in [-0.05, 0) is 42.0 Å². The van der Waals surface area contributed by atoms with Crippen molar-refractivity contribution in [2.45, 2.75) is 25.3 Å². The number of fused-ring (bicyclic) bond motifs is 1. The second kappa shape index (κ2) is 9.30. The van der Waals surface area contributed by atoms with Gasteiger partial charge in [0.15, 0.2) is 0 Å². The van der Waals surface area contributed by atoms with Crippen LogP contribution in [0.5, 0.6) is 0 Å². The highest BCUT2D eigenvalue weighted by atomic mass is 32.2. The minimum atomic E-state index is -0.915. The van der Waals surface area contributed by atoms with E-state index in [4.69, 9.17) is 10.2 Å². The molecule has 2 atom stereocenters. The normalized spacial score (nSPS) is 21.9. The number of carboxylic acids is 1. The van der Waals surface area contributed by atoms with Gasteiger partial charge in [-0.15, -0.1) is 11.8 Å². The number of nitrogens with zero attached hydrogens (tertiary/aromatic N) is 2. The van der Waals surface area contributed by atoms with Crippen LogP contribution in [0.3, 0.4) is 0 Å². The smallest absolute Gasteiger partial charge is 0.313 e. The Morgan fingerprint density at radius 3 is 2.47 bits per heavy atom. The Labute approximate surface area is 180 Å². The molecule has 5 nitrogen and oxygen atoms in total. The Bertz CT molecular complexity index is 972. The van der Waals surface area contributed by atoms with Crippen molar-refractivity contribution >= 4 is 35.4 Å². The largest absolute Gasteiger partial charge is 0.481 e. The molecule has 1 heterocycles. The maximum atomic E-state index is 13.0. The first-order valence-corrected chi connectivity index (χ1v) is 11.3. The van der Waals surface area contributed by atoms with Gasteiger partial charge in [0.05, 0.1) is 23.3 Å². The lowest BCUT2D eigenvalue weighted by Crippen LogP contribution is -2.33. The number of amides is 1. The Balaban J connectivity index is 1.66. The zero-order valence-electron chi connectivity index (χ0n) is 16.6. The lowest BCUT2D eigenvalue weighted by atomic mass is 9.77. The number of hydrazone groups is 1. The van der Waals surface area contributed by atoms with Gasteiger partial charge >= 0.3 is 5.97 Å². The number of aliphatic carboxylic acids is 1. The minimum Gasteiger partial charge on any atom is -0.481 e. The number of carbonyl (C=O) groups excluding carboxylic acids is 1. The molecule has 0 bridgehead atoms. The van der Waals surface area contributed by atoms with Crippen LogP contribution in [0.15, 0.2) is 71.3 Å². The fraction of sp³-hybridized carbons (Fsp3) is 0.292. The summed E-state index contributed by atoms with van der Waals surface area (Å²) in [6, 6.07) is 20.1. The number of thioether (sulfide) groups is 1. The molecular weight excluding hydrogens is 396 g/mol. The van der Waals surface area contributed by atoms with Gasteiger partial charge < -0.3 is 5.11 Å². The van der Waals surface area contributed by atoms with Gasteiger partial charge in [-0.25, -0.2) is 5.01 Å². The number of hydrogen-bond acceptors (Lipinski definition) is 4. The van der Waals surface area contributed by atoms with Crippen LogP contribution in [-0.2, 0) is 9.59 Å². The van der Waals surface area contributed by atoms with Gasteiger partial charge in [0.25, 0.3) is 5.91 Å². The van der Waals surface area contributed by atoms with Crippen molar-refractivity contribution in [2.75, 3.05) is 11.5 Å². The SMILES string of the molecule is O=C(O)CSCC(=O)N1N=C2C(=Cc3ccccc3)CCCC2C1c1ccccc1. The summed E-state index contributed by atoms with van der Waals surface area (Å²) < 4.78 is 0. The van der Waals surface area contributed by atoms with Crippen LogP contribution in [0.25, 0.3) is 6.08 Å². The molecule has 2 aromatic rings. The average molecular weight is 421 g/mol. The second-order valence-electron chi connectivity index (χ2n) is 7.54. The third-order valence-electron chi connectivity index (χ3n) is 5.49. The van der Waals surface area contributed by atoms with Gasteiger partial charge in [-0.3, -0.25) is 9.59 Å². The molecular formula is C24H24N2O3S. The van der Waals surface area contributed by atoms with Crippen LogP contribution in [0, 0.1) is 5.92 Å². The van der Waals surface area contributed by atoms with Crippen molar-refractivity contribution in [3.8, 4) is 0 Å². The zero-order valence-corrected chi connectivity index (χ0v) is 17.4. The lowest BCUT2D eigenvalue weighted by Gasteiger charge is -2.29. The number of hydrogen-bond donors (Lipinski definition) is 1. The van der Waals surface area contributed by atoms with Crippen LogP contribution in [-0.4, -0.2) is 39.2 Å². The molecule has 6 heteroatoms. The number of carboxylic acid groups (broad SMARTS) is 1. The molecule has 4 rings (SSSR count). The van der Waals surface area contributed by atoms with E-state index in [9.17, 15) is 9.59 Å². The Kier molecular flexibility index (Phi) is 6.33. The molecule has 1 amide bonds. The van der Waals surface area contributed by atoms with Crippen LogP contribution >= 0.6 is 11.8 Å². The molecule has 1 fully saturated rings. The molecule has 0 radical (unpaired) electrons. The van der Waals surface area contributed by atoms with Crippen LogP contribution < -0.4 is 0 Å². The third kappa shape index (κ3) is 4.49. The fourth-order valence-electron chi connectivity index (χ4n) is 4.23. The lowest BCUT2D eigenvalue weighted by molar-refractivity contribution is -0.133. The Morgan fingerprint density at radius 2 is 1.77 bits per heavy atom. The summed E-state index contributed by atoms with van der Waals surface area (Å²) in [5.74, 6) is -0.881. The molecule has 2 unspecified atom stereocenters. The summed E-state index contributed by atoms with van der Waals surface area (Å²) in [6.45, 7) is 0. The summed E-state index contributed by atoms with van der Waals surface area (Å²) in [5, 5.41) is 15.3. The van der Waals surface area contributed by atoms with Gasteiger partial charge in [-0.2, -0.15) is 5.10 Å². The maximum absolute atomic E-state index is 13.0. The molecule has 30 heavy (non-hydrogen) atoms. The highest BCUT2D eigenvalue weighted by Gasteiger charge is 2.43. The first kappa shape index (κ1) is 20.4. The predicted molar refractivity (Wildman–Crippen MR) is 120 cm³/mol. The third-order valence-corrected chi connectivity index (χ3v) is 6.39. The van der Waals surface area contributed by atoms with E-state index in [1.165, 1.54) is 5.57 Å². The summed E-state index contributed by atoms with van der Waals surface area (Å²) in [4.78, 5) is 23.8. The van der Waals surface area contributed by atoms with E-state index in [0.29, 0.717) is 0 Å². The van der Waals surface area contributed by atoms with E-state index in [-0.39, 0.29) is 29.4 Å². The van der Waals surface area contributed by atoms with Crippen LogP contribution in [0.1, 0.15) is 36.4 Å². The maximum Gasteiger partial charge on any atom is 0.313 e. The summed E-state index contributed by atoms with van der Waals surface area (Å²) in [5.41, 5.74) is 4.38. The molecule has 1 aliphatic heterocycles. The van der Waals surface area contributed by atoms with Crippen molar-refractivity contribution in [3.05, 3.63) is 77.4 Å². The van der Waals surface area contributed by atoms with E-state index in [1.54, 1.807) is 5.01 Å². The van der Waals surface area contributed by atoms with E-state index in [1.807, 2.05) is 48.5 Å². The van der Waals surface area contributed by atoms with Crippen LogP contribution in [0.4, 0.5) is 0 Å². The molecule has 2 aliphatic rings. The van der Waals surface area contributed by atoms with Gasteiger partial charge in [0.1, 0.15) is 0 Å². The van der Waals surface area contributed by atoms with Crippen molar-refractivity contribution in [2.24, 2.45) is 11.0 Å². The van der Waals surface area contributed by atoms with E-state index < -0.39 is 5.97 Å². The van der Waals surface area contributed by atoms with E-state index >= 15 is 0 Å². The molecule has 0 aromatic heterocycles. The number of benzene rings is 2. The van der Waals surface area contributed by atoms with E-state index in [0.717, 1.165) is 47.9 Å². The van der Waals surface area contributed by atoms with Gasteiger partial charge in [0.2, 0.25) is 0 Å². The molecule has 1 aliphatic carbocycles. The van der Waals surface area contributed by atoms with Crippen molar-refractivity contribution in [3.63, 3.8) is 0 Å². The fourth-order valence-corrected chi connectivity index (χ4v) is 4.82. The van der Waals surface area contributed by atoms with Crippen LogP contribution in [0.2, 0.25) is 0 Å². The topological polar surface area (TPSA) is 70.0 Å². The monoisotopic (exact) mass is 420 g/mol. The highest BCUT2D eigenvalue weighted by molar-refractivity contribution is 8.00. The Morgan fingerprint density at radius 1 is 1.07 bits per heavy atom. The number of rotatable bonds is 6. The molecule has 1 N–H and O–H groups in total. The number of carbonyl (C=O) groups is 2. The Hall–Kier alpha value is -2.86. The first-order valence-electron chi connectivity index (χ1n) is 10.1. The quantitative estimate of drug-likeness (QED) is 0.740. The second-order valence-corrected chi connectivity index (χ2v) is 8.53. The summed E-state index contributed by atoms with van der Waals surface area (Å²) in [7, 11) is 0. The molecule has 0 spiro atoms. The average Bonchev–Trinajstić information content (AvgIpc) is 3.15. The van der Waals surface area contributed by atoms with Crippen molar-refractivity contribution < 1.29 is 14.7 Å². The highest BCUT2D eigenvalue weighted by Crippen LogP contribution is 2.44. The van der Waals surface area contributed by atoms with Gasteiger partial charge in [-0.1, -0.05) is 60.7 Å². The molecule has 2 aromatic carbocycles. The van der Waals surface area contributed by atoms with Crippen molar-refractivity contribution in [1.82, 2.24) is 5.01 Å². The molecule has 0 saturated heterocycles. The van der Waals surface area contributed by atoms with Gasteiger partial charge in [0, 0.05) is 5.92 Å². The standard InChI is InChI=1S/C24H24N2O3S/c27-21(15-30-16-22(28)29)26-24(18-10-5-2-6-11-18)20-13-7-12-19(23(20)25-26)14-17-8-3-1-4-9-17/h1-6,8-11,14,20,24H,7,12-13,15-16H2,(H,28,29). The summed E-state index contributed by atoms with van der Waals surface area (Å²) in [6.07, 6.45) is 5.17. The van der Waals surface area contributed by atoms with Crippen molar-refractivity contribution in [1.29, 1.82) is 0 Å². The number of allylic oxidation sites excluding steroid dienone is 1. The minimum absolute atomic E-state index is 0.0885. The molecule has 1 saturated carbocycles. The van der Waals surface area contributed by atoms with E-state index in [2.05, 4.69) is 18.2 Å². The molecule has 154 valence electrons. The first-order chi connectivity index (χ1) is 14.6. The predicted octanol–water partition coefficient (Wildman–Crippen LogP) is 4.63.